The number of carbonyl (C=O) groups is 2. The molecular weight excluding hydrogens is 262 g/mol. The van der Waals surface area contributed by atoms with Gasteiger partial charge in [-0.15, -0.1) is 0 Å². The molecule has 0 aliphatic heterocycles. The number of aromatic nitrogens is 1. The second kappa shape index (κ2) is 7.98. The van der Waals surface area contributed by atoms with Crippen LogP contribution in [0.2, 0.25) is 0 Å². The smallest absolute Gasteiger partial charge is 0.317 e. The molecular formula is C13H19N3O4. The van der Waals surface area contributed by atoms with Crippen molar-refractivity contribution in [3.63, 3.8) is 0 Å². The highest BCUT2D eigenvalue weighted by atomic mass is 16.5. The van der Waals surface area contributed by atoms with Gasteiger partial charge in [0.05, 0.1) is 13.5 Å². The van der Waals surface area contributed by atoms with Crippen LogP contribution in [0.15, 0.2) is 18.3 Å². The minimum Gasteiger partial charge on any atom is -0.481 e. The third-order valence-corrected chi connectivity index (χ3v) is 2.72. The lowest BCUT2D eigenvalue weighted by Gasteiger charge is -2.20. The van der Waals surface area contributed by atoms with Crippen LogP contribution < -0.4 is 10.1 Å². The monoisotopic (exact) mass is 281 g/mol. The Balaban J connectivity index is 2.49. The number of hydrogen-bond donors (Lipinski definition) is 2. The molecule has 0 radical (unpaired) electrons. The van der Waals surface area contributed by atoms with E-state index in [0.717, 1.165) is 5.56 Å². The van der Waals surface area contributed by atoms with E-state index in [1.54, 1.807) is 25.3 Å². The van der Waals surface area contributed by atoms with E-state index in [-0.39, 0.29) is 19.0 Å². The van der Waals surface area contributed by atoms with Crippen molar-refractivity contribution in [2.24, 2.45) is 0 Å². The largest absolute Gasteiger partial charge is 0.481 e. The second-order valence-corrected chi connectivity index (χ2v) is 4.09. The fraction of sp³-hybridized carbons (Fsp3) is 0.462. The summed E-state index contributed by atoms with van der Waals surface area (Å²) in [5, 5.41) is 11.4. The number of hydrogen-bond acceptors (Lipinski definition) is 4. The zero-order valence-electron chi connectivity index (χ0n) is 11.6. The van der Waals surface area contributed by atoms with E-state index in [4.69, 9.17) is 9.84 Å². The maximum atomic E-state index is 11.9. The molecule has 0 atom stereocenters. The Hall–Kier alpha value is -2.31. The number of pyridine rings is 1. The van der Waals surface area contributed by atoms with E-state index in [0.29, 0.717) is 19.0 Å². The van der Waals surface area contributed by atoms with E-state index in [9.17, 15) is 9.59 Å². The topological polar surface area (TPSA) is 91.8 Å². The molecule has 0 aromatic carbocycles. The van der Waals surface area contributed by atoms with Crippen LogP contribution in [0.1, 0.15) is 18.9 Å². The molecule has 0 unspecified atom stereocenters. The van der Waals surface area contributed by atoms with E-state index < -0.39 is 5.97 Å². The quantitative estimate of drug-likeness (QED) is 0.780. The molecule has 0 fully saturated rings. The summed E-state index contributed by atoms with van der Waals surface area (Å²) in [7, 11) is 1.52. The number of nitrogens with one attached hydrogen (secondary N) is 1. The van der Waals surface area contributed by atoms with Gasteiger partial charge in [-0.2, -0.15) is 0 Å². The number of ether oxygens (including phenoxy) is 1. The SMILES string of the molecule is CCN(CCC(=O)O)C(=O)NCc1ccnc(OC)c1. The lowest BCUT2D eigenvalue weighted by Crippen LogP contribution is -2.40. The summed E-state index contributed by atoms with van der Waals surface area (Å²) in [6, 6.07) is 3.22. The number of urea groups is 1. The average Bonchev–Trinajstić information content (AvgIpc) is 2.45. The van der Waals surface area contributed by atoms with Gasteiger partial charge in [0.25, 0.3) is 0 Å². The number of carbonyl (C=O) groups excluding carboxylic acids is 1. The molecule has 0 saturated heterocycles. The first kappa shape index (κ1) is 15.7. The van der Waals surface area contributed by atoms with E-state index in [1.807, 2.05) is 0 Å². The summed E-state index contributed by atoms with van der Waals surface area (Å²) in [4.78, 5) is 27.8. The van der Waals surface area contributed by atoms with Crippen LogP contribution in [-0.4, -0.2) is 47.2 Å². The molecule has 0 bridgehead atoms. The lowest BCUT2D eigenvalue weighted by atomic mass is 10.2. The highest BCUT2D eigenvalue weighted by molar-refractivity contribution is 5.75. The van der Waals surface area contributed by atoms with Crippen LogP contribution >= 0.6 is 0 Å². The zero-order valence-corrected chi connectivity index (χ0v) is 11.6. The molecule has 1 aromatic heterocycles. The summed E-state index contributed by atoms with van der Waals surface area (Å²) in [5.41, 5.74) is 0.861. The minimum absolute atomic E-state index is 0.0651. The van der Waals surface area contributed by atoms with Crippen LogP contribution in [0.5, 0.6) is 5.88 Å². The van der Waals surface area contributed by atoms with E-state index >= 15 is 0 Å². The van der Waals surface area contributed by atoms with Crippen LogP contribution in [0.3, 0.4) is 0 Å². The number of carboxylic acid groups (broad SMARTS) is 1. The van der Waals surface area contributed by atoms with Gasteiger partial charge in [-0.25, -0.2) is 9.78 Å². The Morgan fingerprint density at radius 1 is 1.50 bits per heavy atom. The van der Waals surface area contributed by atoms with Gasteiger partial charge >= 0.3 is 12.0 Å². The molecule has 2 amide bonds. The Morgan fingerprint density at radius 2 is 2.25 bits per heavy atom. The molecule has 0 aliphatic carbocycles. The summed E-state index contributed by atoms with van der Waals surface area (Å²) in [6.07, 6.45) is 1.53. The number of rotatable bonds is 7. The highest BCUT2D eigenvalue weighted by Crippen LogP contribution is 2.08. The molecule has 7 heteroatoms. The number of amides is 2. The summed E-state index contributed by atoms with van der Waals surface area (Å²) < 4.78 is 5.00. The minimum atomic E-state index is -0.921. The fourth-order valence-electron chi connectivity index (χ4n) is 1.60. The summed E-state index contributed by atoms with van der Waals surface area (Å²) in [6.45, 7) is 2.79. The maximum Gasteiger partial charge on any atom is 0.317 e. The Morgan fingerprint density at radius 3 is 2.85 bits per heavy atom. The van der Waals surface area contributed by atoms with E-state index in [2.05, 4.69) is 10.3 Å². The van der Waals surface area contributed by atoms with Crippen LogP contribution in [0.25, 0.3) is 0 Å². The van der Waals surface area contributed by atoms with Gasteiger partial charge in [0, 0.05) is 31.9 Å². The van der Waals surface area contributed by atoms with Crippen molar-refractivity contribution >= 4 is 12.0 Å². The first-order valence-corrected chi connectivity index (χ1v) is 6.30. The molecule has 1 rings (SSSR count). The highest BCUT2D eigenvalue weighted by Gasteiger charge is 2.12. The zero-order chi connectivity index (χ0) is 15.0. The molecule has 0 saturated carbocycles. The predicted molar refractivity (Wildman–Crippen MR) is 72.5 cm³/mol. The summed E-state index contributed by atoms with van der Waals surface area (Å²) in [5.74, 6) is -0.440. The van der Waals surface area contributed by atoms with Gasteiger partial charge in [-0.3, -0.25) is 4.79 Å². The van der Waals surface area contributed by atoms with Gasteiger partial charge in [0.1, 0.15) is 0 Å². The standard InChI is InChI=1S/C13H19N3O4/c1-3-16(7-5-12(17)18)13(19)15-9-10-4-6-14-11(8-10)20-2/h4,6,8H,3,5,7,9H2,1-2H3,(H,15,19)(H,17,18). The fourth-order valence-corrected chi connectivity index (χ4v) is 1.60. The molecule has 0 aliphatic rings. The Bertz CT molecular complexity index is 465. The number of carboxylic acids is 1. The molecule has 1 aromatic rings. The normalized spacial score (nSPS) is 9.90. The average molecular weight is 281 g/mol. The molecule has 20 heavy (non-hydrogen) atoms. The van der Waals surface area contributed by atoms with Gasteiger partial charge in [0.2, 0.25) is 5.88 Å². The third-order valence-electron chi connectivity index (χ3n) is 2.72. The van der Waals surface area contributed by atoms with Gasteiger partial charge in [-0.1, -0.05) is 0 Å². The first-order valence-electron chi connectivity index (χ1n) is 6.30. The molecule has 1 heterocycles. The predicted octanol–water partition coefficient (Wildman–Crippen LogP) is 1.10. The van der Waals surface area contributed by atoms with Crippen molar-refractivity contribution in [2.45, 2.75) is 19.9 Å². The Labute approximate surface area is 117 Å². The van der Waals surface area contributed by atoms with Crippen molar-refractivity contribution in [1.82, 2.24) is 15.2 Å². The lowest BCUT2D eigenvalue weighted by molar-refractivity contribution is -0.137. The first-order chi connectivity index (χ1) is 9.56. The molecule has 110 valence electrons. The molecule has 2 N–H and O–H groups in total. The van der Waals surface area contributed by atoms with Crippen molar-refractivity contribution in [3.8, 4) is 5.88 Å². The third kappa shape index (κ3) is 5.13. The van der Waals surface area contributed by atoms with Crippen molar-refractivity contribution in [3.05, 3.63) is 23.9 Å². The molecule has 0 spiro atoms. The van der Waals surface area contributed by atoms with Crippen LogP contribution in [0, 0.1) is 0 Å². The van der Waals surface area contributed by atoms with Crippen molar-refractivity contribution in [2.75, 3.05) is 20.2 Å². The number of nitrogens with zero attached hydrogens (tertiary/aromatic N) is 2. The van der Waals surface area contributed by atoms with Gasteiger partial charge in [0.15, 0.2) is 0 Å². The summed E-state index contributed by atoms with van der Waals surface area (Å²) >= 11 is 0. The van der Waals surface area contributed by atoms with Gasteiger partial charge in [-0.05, 0) is 18.6 Å². The second-order valence-electron chi connectivity index (χ2n) is 4.09. The Kier molecular flexibility index (Phi) is 6.28. The van der Waals surface area contributed by atoms with Crippen LogP contribution in [-0.2, 0) is 11.3 Å². The number of methoxy groups -OCH3 is 1. The number of aliphatic carboxylic acids is 1. The van der Waals surface area contributed by atoms with Crippen LogP contribution in [0.4, 0.5) is 4.79 Å². The molecule has 7 nitrogen and oxygen atoms in total. The van der Waals surface area contributed by atoms with E-state index in [1.165, 1.54) is 12.0 Å². The van der Waals surface area contributed by atoms with Gasteiger partial charge < -0.3 is 20.1 Å². The van der Waals surface area contributed by atoms with Crippen molar-refractivity contribution in [1.29, 1.82) is 0 Å². The van der Waals surface area contributed by atoms with Crippen molar-refractivity contribution < 1.29 is 19.4 Å². The maximum absolute atomic E-state index is 11.9.